The van der Waals surface area contributed by atoms with Crippen LogP contribution in [0.4, 0.5) is 10.1 Å². The minimum Gasteiger partial charge on any atom is -0.491 e. The van der Waals surface area contributed by atoms with Gasteiger partial charge >= 0.3 is 0 Å². The van der Waals surface area contributed by atoms with E-state index in [4.69, 9.17) is 16.3 Å². The number of piperazine rings is 1. The Balaban J connectivity index is 1.32. The summed E-state index contributed by atoms with van der Waals surface area (Å²) in [4.78, 5) is 16.7. The summed E-state index contributed by atoms with van der Waals surface area (Å²) in [5.41, 5.74) is 0.210. The fourth-order valence-electron chi connectivity index (χ4n) is 3.15. The van der Waals surface area contributed by atoms with Gasteiger partial charge in [0.2, 0.25) is 5.91 Å². The van der Waals surface area contributed by atoms with Crippen LogP contribution in [0, 0.1) is 5.82 Å². The third kappa shape index (κ3) is 6.96. The maximum atomic E-state index is 13.8. The van der Waals surface area contributed by atoms with Crippen LogP contribution in [-0.2, 0) is 4.79 Å². The third-order valence-corrected chi connectivity index (χ3v) is 5.63. The van der Waals surface area contributed by atoms with Crippen molar-refractivity contribution in [2.45, 2.75) is 6.42 Å². The molecule has 29 heavy (non-hydrogen) atoms. The van der Waals surface area contributed by atoms with Gasteiger partial charge in [-0.25, -0.2) is 4.39 Å². The first-order chi connectivity index (χ1) is 14.0. The predicted molar refractivity (Wildman–Crippen MR) is 117 cm³/mol. The molecule has 156 valence electrons. The van der Waals surface area contributed by atoms with E-state index in [-0.39, 0.29) is 11.6 Å². The summed E-state index contributed by atoms with van der Waals surface area (Å²) in [7, 11) is 0. The van der Waals surface area contributed by atoms with E-state index in [1.807, 2.05) is 24.3 Å². The molecule has 0 unspecified atom stereocenters. The van der Waals surface area contributed by atoms with Crippen LogP contribution >= 0.6 is 27.5 Å². The first-order valence-electron chi connectivity index (χ1n) is 9.58. The van der Waals surface area contributed by atoms with Crippen molar-refractivity contribution < 1.29 is 13.9 Å². The number of nitrogens with zero attached hydrogens (tertiary/aromatic N) is 2. The summed E-state index contributed by atoms with van der Waals surface area (Å²) >= 11 is 9.29. The molecule has 1 N–H and O–H groups in total. The molecule has 0 aliphatic carbocycles. The second-order valence-electron chi connectivity index (χ2n) is 6.88. The number of hydrogen-bond donors (Lipinski definition) is 1. The molecule has 1 fully saturated rings. The van der Waals surface area contributed by atoms with Crippen molar-refractivity contribution in [2.24, 2.45) is 0 Å². The van der Waals surface area contributed by atoms with Gasteiger partial charge in [0.1, 0.15) is 18.2 Å². The van der Waals surface area contributed by atoms with Crippen molar-refractivity contribution in [2.75, 3.05) is 51.2 Å². The smallest absolute Gasteiger partial charge is 0.225 e. The minimum absolute atomic E-state index is 0.179. The zero-order valence-corrected chi connectivity index (χ0v) is 18.4. The Bertz CT molecular complexity index is 831. The summed E-state index contributed by atoms with van der Waals surface area (Å²) < 4.78 is 20.2. The lowest BCUT2D eigenvalue weighted by atomic mass is 10.2. The monoisotopic (exact) mass is 483 g/mol. The number of carbonyl (C=O) groups excluding carboxylic acids is 1. The van der Waals surface area contributed by atoms with Crippen molar-refractivity contribution in [3.05, 3.63) is 57.8 Å². The van der Waals surface area contributed by atoms with Gasteiger partial charge < -0.3 is 15.0 Å². The van der Waals surface area contributed by atoms with E-state index in [1.165, 1.54) is 6.07 Å². The number of ether oxygens (including phenoxy) is 1. The highest BCUT2D eigenvalue weighted by Gasteiger charge is 2.18. The molecule has 2 aromatic rings. The normalized spacial score (nSPS) is 15.3. The lowest BCUT2D eigenvalue weighted by molar-refractivity contribution is -0.116. The second-order valence-corrected chi connectivity index (χ2v) is 8.21. The quantitative estimate of drug-likeness (QED) is 0.608. The molecule has 1 amide bonds. The number of halogens is 3. The molecule has 1 aliphatic rings. The molecule has 0 aromatic heterocycles. The number of para-hydroxylation sites is 1. The molecular weight excluding hydrogens is 461 g/mol. The molecule has 0 bridgehead atoms. The van der Waals surface area contributed by atoms with Crippen molar-refractivity contribution in [3.63, 3.8) is 0 Å². The largest absolute Gasteiger partial charge is 0.491 e. The van der Waals surface area contributed by atoms with Gasteiger partial charge in [0, 0.05) is 50.2 Å². The van der Waals surface area contributed by atoms with E-state index in [2.05, 4.69) is 31.0 Å². The molecule has 1 aliphatic heterocycles. The molecule has 0 atom stereocenters. The molecule has 2 aromatic carbocycles. The number of hydrogen-bond acceptors (Lipinski definition) is 4. The Morgan fingerprint density at radius 2 is 1.79 bits per heavy atom. The lowest BCUT2D eigenvalue weighted by Crippen LogP contribution is -2.48. The van der Waals surface area contributed by atoms with Gasteiger partial charge in [0.25, 0.3) is 0 Å². The van der Waals surface area contributed by atoms with Gasteiger partial charge in [-0.15, -0.1) is 0 Å². The zero-order chi connectivity index (χ0) is 20.6. The molecular formula is C21H24BrClFN3O2. The van der Waals surface area contributed by atoms with Gasteiger partial charge in [-0.2, -0.15) is 0 Å². The molecule has 0 saturated carbocycles. The first-order valence-corrected chi connectivity index (χ1v) is 10.8. The SMILES string of the molecule is O=C(CCN1CCN(CCOc2ccccc2Cl)CC1)Nc1ccc(Br)cc1F. The van der Waals surface area contributed by atoms with Gasteiger partial charge in [0.15, 0.2) is 0 Å². The lowest BCUT2D eigenvalue weighted by Gasteiger charge is -2.34. The Morgan fingerprint density at radius 1 is 1.10 bits per heavy atom. The number of amides is 1. The molecule has 3 rings (SSSR count). The number of rotatable bonds is 8. The van der Waals surface area contributed by atoms with Crippen molar-refractivity contribution in [1.82, 2.24) is 9.80 Å². The van der Waals surface area contributed by atoms with Crippen molar-refractivity contribution >= 4 is 39.1 Å². The maximum Gasteiger partial charge on any atom is 0.225 e. The average molecular weight is 485 g/mol. The Labute approximate surface area is 183 Å². The Morgan fingerprint density at radius 3 is 2.48 bits per heavy atom. The zero-order valence-electron chi connectivity index (χ0n) is 16.0. The van der Waals surface area contributed by atoms with Gasteiger partial charge in [-0.3, -0.25) is 9.69 Å². The highest BCUT2D eigenvalue weighted by atomic mass is 79.9. The van der Waals surface area contributed by atoms with Gasteiger partial charge in [0.05, 0.1) is 10.7 Å². The topological polar surface area (TPSA) is 44.8 Å². The van der Waals surface area contributed by atoms with Crippen LogP contribution in [0.5, 0.6) is 5.75 Å². The minimum atomic E-state index is -0.444. The van der Waals surface area contributed by atoms with Gasteiger partial charge in [-0.05, 0) is 30.3 Å². The number of benzene rings is 2. The molecule has 1 saturated heterocycles. The van der Waals surface area contributed by atoms with Crippen LogP contribution in [0.2, 0.25) is 5.02 Å². The molecule has 1 heterocycles. The van der Waals surface area contributed by atoms with E-state index >= 15 is 0 Å². The average Bonchev–Trinajstić information content (AvgIpc) is 2.71. The third-order valence-electron chi connectivity index (χ3n) is 4.83. The van der Waals surface area contributed by atoms with Crippen LogP contribution in [0.25, 0.3) is 0 Å². The van der Waals surface area contributed by atoms with E-state index in [0.29, 0.717) is 34.8 Å². The van der Waals surface area contributed by atoms with E-state index in [1.54, 1.807) is 12.1 Å². The molecule has 8 heteroatoms. The summed E-state index contributed by atoms with van der Waals surface area (Å²) in [6.07, 6.45) is 0.338. The standard InChI is InChI=1S/C21H24BrClFN3O2/c22-16-5-6-19(18(24)15-16)25-21(28)7-8-26-9-11-27(12-10-26)13-14-29-20-4-2-1-3-17(20)23/h1-6,15H,7-14H2,(H,25,28). The summed E-state index contributed by atoms with van der Waals surface area (Å²) in [6, 6.07) is 12.1. The van der Waals surface area contributed by atoms with E-state index < -0.39 is 5.82 Å². The van der Waals surface area contributed by atoms with Gasteiger partial charge in [-0.1, -0.05) is 39.7 Å². The molecule has 5 nitrogen and oxygen atoms in total. The second kappa shape index (κ2) is 10.9. The number of anilines is 1. The van der Waals surface area contributed by atoms with Crippen LogP contribution in [-0.4, -0.2) is 61.6 Å². The predicted octanol–water partition coefficient (Wildman–Crippen LogP) is 4.27. The first kappa shape index (κ1) is 22.0. The number of carbonyl (C=O) groups is 1. The molecule has 0 radical (unpaired) electrons. The fourth-order valence-corrected chi connectivity index (χ4v) is 3.67. The highest BCUT2D eigenvalue weighted by Crippen LogP contribution is 2.23. The van der Waals surface area contributed by atoms with Crippen molar-refractivity contribution in [1.29, 1.82) is 0 Å². The number of nitrogens with one attached hydrogen (secondary N) is 1. The van der Waals surface area contributed by atoms with Crippen LogP contribution < -0.4 is 10.1 Å². The maximum absolute atomic E-state index is 13.8. The summed E-state index contributed by atoms with van der Waals surface area (Å²) in [5, 5.41) is 3.26. The molecule has 0 spiro atoms. The highest BCUT2D eigenvalue weighted by molar-refractivity contribution is 9.10. The fraction of sp³-hybridized carbons (Fsp3) is 0.381. The van der Waals surface area contributed by atoms with E-state index in [9.17, 15) is 9.18 Å². The van der Waals surface area contributed by atoms with Crippen molar-refractivity contribution in [3.8, 4) is 5.75 Å². The van der Waals surface area contributed by atoms with Crippen LogP contribution in [0.3, 0.4) is 0 Å². The summed E-state index contributed by atoms with van der Waals surface area (Å²) in [5.74, 6) is 0.0863. The van der Waals surface area contributed by atoms with Crippen LogP contribution in [0.1, 0.15) is 6.42 Å². The van der Waals surface area contributed by atoms with E-state index in [0.717, 1.165) is 32.7 Å². The Hall–Kier alpha value is -1.67. The summed E-state index contributed by atoms with van der Waals surface area (Å²) in [6.45, 7) is 5.73. The Kier molecular flexibility index (Phi) is 8.29. The van der Waals surface area contributed by atoms with Crippen LogP contribution in [0.15, 0.2) is 46.9 Å².